The Bertz CT molecular complexity index is 576. The van der Waals surface area contributed by atoms with Gasteiger partial charge in [0, 0.05) is 29.2 Å². The number of benzene rings is 1. The Kier molecular flexibility index (Phi) is 4.82. The number of hydrogen-bond acceptors (Lipinski definition) is 5. The van der Waals surface area contributed by atoms with E-state index in [0.29, 0.717) is 16.6 Å². The molecule has 7 heteroatoms. The number of esters is 1. The van der Waals surface area contributed by atoms with Gasteiger partial charge in [-0.15, -0.1) is 0 Å². The molecule has 1 aliphatic rings. The van der Waals surface area contributed by atoms with E-state index < -0.39 is 4.92 Å². The number of carbonyl (C=O) groups is 1. The third-order valence-electron chi connectivity index (χ3n) is 3.76. The van der Waals surface area contributed by atoms with Gasteiger partial charge in [-0.2, -0.15) is 0 Å². The Hall–Kier alpha value is -1.63. The second kappa shape index (κ2) is 6.43. The molecule has 0 aliphatic carbocycles. The Morgan fingerprint density at radius 3 is 2.86 bits per heavy atom. The molecule has 1 atom stereocenters. The molecule has 1 saturated heterocycles. The summed E-state index contributed by atoms with van der Waals surface area (Å²) in [5.41, 5.74) is 1.58. The highest BCUT2D eigenvalue weighted by Gasteiger charge is 2.28. The molecule has 0 saturated carbocycles. The fourth-order valence-electron chi connectivity index (χ4n) is 2.65. The second-order valence-electron chi connectivity index (χ2n) is 5.16. The van der Waals surface area contributed by atoms with Crippen molar-refractivity contribution < 1.29 is 14.5 Å². The van der Waals surface area contributed by atoms with Gasteiger partial charge in [0.25, 0.3) is 5.69 Å². The first kappa shape index (κ1) is 15.8. The molecule has 2 rings (SSSR count). The van der Waals surface area contributed by atoms with Crippen LogP contribution < -0.4 is 4.90 Å². The van der Waals surface area contributed by atoms with Gasteiger partial charge in [-0.1, -0.05) is 0 Å². The first-order chi connectivity index (χ1) is 9.93. The Morgan fingerprint density at radius 1 is 1.52 bits per heavy atom. The van der Waals surface area contributed by atoms with Crippen molar-refractivity contribution in [3.05, 3.63) is 32.3 Å². The van der Waals surface area contributed by atoms with Crippen molar-refractivity contribution in [2.24, 2.45) is 5.92 Å². The molecule has 21 heavy (non-hydrogen) atoms. The Labute approximate surface area is 131 Å². The first-order valence-electron chi connectivity index (χ1n) is 6.71. The number of hydrogen-bond donors (Lipinski definition) is 0. The quantitative estimate of drug-likeness (QED) is 0.472. The van der Waals surface area contributed by atoms with E-state index in [1.807, 2.05) is 0 Å². The predicted octanol–water partition coefficient (Wildman–Crippen LogP) is 3.06. The molecule has 1 aromatic rings. The van der Waals surface area contributed by atoms with Crippen LogP contribution in [0.1, 0.15) is 18.4 Å². The molecule has 0 bridgehead atoms. The van der Waals surface area contributed by atoms with Crippen LogP contribution in [0.25, 0.3) is 0 Å². The third kappa shape index (κ3) is 3.34. The van der Waals surface area contributed by atoms with E-state index in [4.69, 9.17) is 4.74 Å². The number of nitro benzene ring substituents is 1. The topological polar surface area (TPSA) is 72.7 Å². The number of halogens is 1. The number of piperidine rings is 1. The minimum Gasteiger partial charge on any atom is -0.469 e. The lowest BCUT2D eigenvalue weighted by Crippen LogP contribution is -2.39. The molecule has 1 aliphatic heterocycles. The molecule has 6 nitrogen and oxygen atoms in total. The fraction of sp³-hybridized carbons (Fsp3) is 0.500. The molecule has 0 amide bonds. The highest BCUT2D eigenvalue weighted by atomic mass is 79.9. The molecule has 0 aromatic heterocycles. The number of nitrogens with zero attached hydrogens (tertiary/aromatic N) is 2. The van der Waals surface area contributed by atoms with Crippen molar-refractivity contribution in [1.82, 2.24) is 0 Å². The van der Waals surface area contributed by atoms with Gasteiger partial charge in [0.05, 0.1) is 23.6 Å². The minimum absolute atomic E-state index is 0.0900. The monoisotopic (exact) mass is 356 g/mol. The summed E-state index contributed by atoms with van der Waals surface area (Å²) in [6, 6.07) is 3.31. The van der Waals surface area contributed by atoms with E-state index in [9.17, 15) is 14.9 Å². The normalized spacial score (nSPS) is 18.4. The molecule has 1 unspecified atom stereocenters. The second-order valence-corrected chi connectivity index (χ2v) is 6.01. The third-order valence-corrected chi connectivity index (χ3v) is 4.39. The maximum Gasteiger partial charge on any atom is 0.310 e. The average molecular weight is 357 g/mol. The van der Waals surface area contributed by atoms with Crippen LogP contribution in [0.5, 0.6) is 0 Å². The van der Waals surface area contributed by atoms with Crippen LogP contribution >= 0.6 is 15.9 Å². The van der Waals surface area contributed by atoms with Crippen molar-refractivity contribution in [2.45, 2.75) is 19.8 Å². The molecular formula is C14H17BrN2O4. The number of carbonyl (C=O) groups excluding carboxylic acids is 1. The number of anilines is 1. The maximum atomic E-state index is 11.7. The van der Waals surface area contributed by atoms with Gasteiger partial charge in [0.15, 0.2) is 0 Å². The maximum absolute atomic E-state index is 11.7. The molecule has 1 heterocycles. The van der Waals surface area contributed by atoms with Crippen LogP contribution in [0.3, 0.4) is 0 Å². The van der Waals surface area contributed by atoms with Gasteiger partial charge in [0.2, 0.25) is 0 Å². The van der Waals surface area contributed by atoms with Gasteiger partial charge >= 0.3 is 5.97 Å². The highest BCUT2D eigenvalue weighted by molar-refractivity contribution is 9.10. The van der Waals surface area contributed by atoms with E-state index in [-0.39, 0.29) is 17.6 Å². The Balaban J connectivity index is 2.27. The van der Waals surface area contributed by atoms with E-state index in [2.05, 4.69) is 20.8 Å². The predicted molar refractivity (Wildman–Crippen MR) is 82.5 cm³/mol. The van der Waals surface area contributed by atoms with Crippen LogP contribution in [0.4, 0.5) is 11.4 Å². The van der Waals surface area contributed by atoms with E-state index in [0.717, 1.165) is 25.1 Å². The van der Waals surface area contributed by atoms with Gasteiger partial charge in [-0.05, 0) is 41.8 Å². The molecule has 1 aromatic carbocycles. The standard InChI is InChI=1S/C14H17BrN2O4/c1-9-6-13(11(15)7-12(9)17(19)20)16-5-3-4-10(8-16)14(18)21-2/h6-7,10H,3-5,8H2,1-2H3. The number of nitro groups is 1. The molecule has 114 valence electrons. The number of methoxy groups -OCH3 is 1. The van der Waals surface area contributed by atoms with Crippen LogP contribution in [-0.4, -0.2) is 31.1 Å². The van der Waals surface area contributed by atoms with Gasteiger partial charge in [0.1, 0.15) is 0 Å². The molecular weight excluding hydrogens is 340 g/mol. The molecule has 0 spiro atoms. The minimum atomic E-state index is -0.392. The van der Waals surface area contributed by atoms with Crippen molar-refractivity contribution in [1.29, 1.82) is 0 Å². The summed E-state index contributed by atoms with van der Waals surface area (Å²) < 4.78 is 5.48. The summed E-state index contributed by atoms with van der Waals surface area (Å²) in [6.45, 7) is 3.11. The van der Waals surface area contributed by atoms with Crippen molar-refractivity contribution in [3.63, 3.8) is 0 Å². The number of aryl methyl sites for hydroxylation is 1. The zero-order valence-corrected chi connectivity index (χ0v) is 13.6. The SMILES string of the molecule is COC(=O)C1CCCN(c2cc(C)c([N+](=O)[O-])cc2Br)C1. The summed E-state index contributed by atoms with van der Waals surface area (Å²) in [6.07, 6.45) is 1.70. The fourth-order valence-corrected chi connectivity index (χ4v) is 3.23. The number of rotatable bonds is 3. The molecule has 1 fully saturated rings. The largest absolute Gasteiger partial charge is 0.469 e. The summed E-state index contributed by atoms with van der Waals surface area (Å²) in [5, 5.41) is 11.0. The smallest absolute Gasteiger partial charge is 0.310 e. The van der Waals surface area contributed by atoms with E-state index >= 15 is 0 Å². The zero-order chi connectivity index (χ0) is 15.6. The van der Waals surface area contributed by atoms with Crippen LogP contribution in [-0.2, 0) is 9.53 Å². The lowest BCUT2D eigenvalue weighted by Gasteiger charge is -2.33. The van der Waals surface area contributed by atoms with Gasteiger partial charge in [-0.25, -0.2) is 0 Å². The van der Waals surface area contributed by atoms with Crippen molar-refractivity contribution >= 4 is 33.3 Å². The van der Waals surface area contributed by atoms with Gasteiger partial charge in [-0.3, -0.25) is 14.9 Å². The van der Waals surface area contributed by atoms with E-state index in [1.54, 1.807) is 13.0 Å². The summed E-state index contributed by atoms with van der Waals surface area (Å²) in [7, 11) is 1.40. The van der Waals surface area contributed by atoms with Crippen molar-refractivity contribution in [2.75, 3.05) is 25.1 Å². The highest BCUT2D eigenvalue weighted by Crippen LogP contribution is 2.35. The zero-order valence-electron chi connectivity index (χ0n) is 12.0. The van der Waals surface area contributed by atoms with Crippen LogP contribution in [0, 0.1) is 23.0 Å². The lowest BCUT2D eigenvalue weighted by atomic mass is 9.97. The number of ether oxygens (including phenoxy) is 1. The Morgan fingerprint density at radius 2 is 2.24 bits per heavy atom. The van der Waals surface area contributed by atoms with Crippen molar-refractivity contribution in [3.8, 4) is 0 Å². The average Bonchev–Trinajstić information content (AvgIpc) is 2.48. The van der Waals surface area contributed by atoms with E-state index in [1.165, 1.54) is 13.2 Å². The van der Waals surface area contributed by atoms with Crippen LogP contribution in [0.15, 0.2) is 16.6 Å². The van der Waals surface area contributed by atoms with Gasteiger partial charge < -0.3 is 9.64 Å². The lowest BCUT2D eigenvalue weighted by molar-refractivity contribution is -0.385. The molecule has 0 N–H and O–H groups in total. The summed E-state index contributed by atoms with van der Waals surface area (Å²) in [4.78, 5) is 24.3. The summed E-state index contributed by atoms with van der Waals surface area (Å²) in [5.74, 6) is -0.347. The first-order valence-corrected chi connectivity index (χ1v) is 7.50. The molecule has 0 radical (unpaired) electrons. The summed E-state index contributed by atoms with van der Waals surface area (Å²) >= 11 is 3.40. The van der Waals surface area contributed by atoms with Crippen LogP contribution in [0.2, 0.25) is 0 Å².